The van der Waals surface area contributed by atoms with Gasteiger partial charge in [0.05, 0.1) is 4.90 Å². The van der Waals surface area contributed by atoms with E-state index in [1.165, 1.54) is 6.08 Å². The lowest BCUT2D eigenvalue weighted by atomic mass is 10.1. The average molecular weight is 365 g/mol. The highest BCUT2D eigenvalue weighted by molar-refractivity contribution is 7.89. The maximum Gasteiger partial charge on any atom is 0.244 e. The van der Waals surface area contributed by atoms with E-state index in [9.17, 15) is 13.2 Å². The topological polar surface area (TPSA) is 66.5 Å². The quantitative estimate of drug-likeness (QED) is 0.835. The molecule has 0 bridgehead atoms. The minimum absolute atomic E-state index is 0.172. The van der Waals surface area contributed by atoms with Crippen LogP contribution in [0, 0.1) is 0 Å². The van der Waals surface area contributed by atoms with Crippen LogP contribution < -0.4 is 5.32 Å². The van der Waals surface area contributed by atoms with Crippen LogP contribution in [-0.4, -0.2) is 37.3 Å². The molecular weight excluding hydrogens is 336 g/mol. The summed E-state index contributed by atoms with van der Waals surface area (Å²) in [6, 6.07) is 6.68. The number of carbonyl (C=O) groups is 1. The molecule has 25 heavy (non-hydrogen) atoms. The molecule has 1 saturated heterocycles. The normalized spacial score (nSPS) is 17.4. The minimum atomic E-state index is -3.43. The van der Waals surface area contributed by atoms with E-state index in [4.69, 9.17) is 0 Å². The molecule has 0 spiro atoms. The SMILES string of the molecule is CC(C)(C)NC(=O)/C=C/c1ccc(S(=O)(=O)N2CCCCCC2)cc1. The molecule has 1 aromatic carbocycles. The summed E-state index contributed by atoms with van der Waals surface area (Å²) in [6.45, 7) is 6.94. The number of amides is 1. The van der Waals surface area contributed by atoms with Crippen LogP contribution in [0.15, 0.2) is 35.2 Å². The Bertz CT molecular complexity index is 708. The Labute approximate surface area is 151 Å². The van der Waals surface area contributed by atoms with Crippen LogP contribution in [0.5, 0.6) is 0 Å². The third kappa shape index (κ3) is 5.97. The molecule has 0 aliphatic carbocycles. The van der Waals surface area contributed by atoms with Crippen molar-refractivity contribution >= 4 is 22.0 Å². The smallest absolute Gasteiger partial charge is 0.244 e. The molecule has 0 unspecified atom stereocenters. The predicted molar refractivity (Wildman–Crippen MR) is 101 cm³/mol. The van der Waals surface area contributed by atoms with E-state index in [-0.39, 0.29) is 11.4 Å². The van der Waals surface area contributed by atoms with E-state index in [2.05, 4.69) is 5.32 Å². The van der Waals surface area contributed by atoms with E-state index in [1.54, 1.807) is 34.6 Å². The molecule has 0 radical (unpaired) electrons. The molecule has 0 atom stereocenters. The van der Waals surface area contributed by atoms with Gasteiger partial charge in [-0.05, 0) is 57.4 Å². The van der Waals surface area contributed by atoms with Crippen molar-refractivity contribution in [2.24, 2.45) is 0 Å². The van der Waals surface area contributed by atoms with E-state index in [0.29, 0.717) is 18.0 Å². The third-order valence-electron chi connectivity index (χ3n) is 4.01. The number of hydrogen-bond acceptors (Lipinski definition) is 3. The summed E-state index contributed by atoms with van der Waals surface area (Å²) in [4.78, 5) is 12.1. The zero-order valence-corrected chi connectivity index (χ0v) is 16.1. The van der Waals surface area contributed by atoms with E-state index in [0.717, 1.165) is 31.2 Å². The molecule has 6 heteroatoms. The van der Waals surface area contributed by atoms with Crippen molar-refractivity contribution in [2.75, 3.05) is 13.1 Å². The molecular formula is C19H28N2O3S. The highest BCUT2D eigenvalue weighted by atomic mass is 32.2. The summed E-state index contributed by atoms with van der Waals surface area (Å²) in [5.41, 5.74) is 0.505. The van der Waals surface area contributed by atoms with Gasteiger partial charge < -0.3 is 5.32 Å². The number of nitrogens with one attached hydrogen (secondary N) is 1. The fourth-order valence-corrected chi connectivity index (χ4v) is 4.28. The molecule has 0 aromatic heterocycles. The number of sulfonamides is 1. The van der Waals surface area contributed by atoms with Crippen molar-refractivity contribution in [3.8, 4) is 0 Å². The summed E-state index contributed by atoms with van der Waals surface area (Å²) in [5, 5.41) is 2.85. The average Bonchev–Trinajstić information content (AvgIpc) is 2.81. The number of rotatable bonds is 4. The highest BCUT2D eigenvalue weighted by Gasteiger charge is 2.24. The Hall–Kier alpha value is -1.66. The Balaban J connectivity index is 2.07. The molecule has 1 aliphatic rings. The molecule has 5 nitrogen and oxygen atoms in total. The van der Waals surface area contributed by atoms with E-state index in [1.807, 2.05) is 20.8 Å². The van der Waals surface area contributed by atoms with E-state index < -0.39 is 10.0 Å². The summed E-state index contributed by atoms with van der Waals surface area (Å²) in [5.74, 6) is -0.172. The molecule has 1 aliphatic heterocycles. The van der Waals surface area contributed by atoms with Gasteiger partial charge in [-0.25, -0.2) is 8.42 Å². The highest BCUT2D eigenvalue weighted by Crippen LogP contribution is 2.21. The molecule has 2 rings (SSSR count). The maximum atomic E-state index is 12.7. The van der Waals surface area contributed by atoms with Crippen molar-refractivity contribution < 1.29 is 13.2 Å². The lowest BCUT2D eigenvalue weighted by Gasteiger charge is -2.20. The van der Waals surface area contributed by atoms with Gasteiger partial charge in [0.25, 0.3) is 0 Å². The van der Waals surface area contributed by atoms with Crippen LogP contribution in [0.4, 0.5) is 0 Å². The monoisotopic (exact) mass is 364 g/mol. The minimum Gasteiger partial charge on any atom is -0.348 e. The standard InChI is InChI=1S/C19H28N2O3S/c1-19(2,3)20-18(22)13-10-16-8-11-17(12-9-16)25(23,24)21-14-6-4-5-7-15-21/h8-13H,4-7,14-15H2,1-3H3,(H,20,22)/b13-10+. The molecule has 1 amide bonds. The fraction of sp³-hybridized carbons (Fsp3) is 0.526. The van der Waals surface area contributed by atoms with Crippen molar-refractivity contribution in [1.29, 1.82) is 0 Å². The van der Waals surface area contributed by atoms with Crippen LogP contribution in [0.25, 0.3) is 6.08 Å². The van der Waals surface area contributed by atoms with Crippen LogP contribution >= 0.6 is 0 Å². The summed E-state index contributed by atoms with van der Waals surface area (Å²) < 4.78 is 27.0. The van der Waals surface area contributed by atoms with Gasteiger partial charge in [-0.3, -0.25) is 4.79 Å². The summed E-state index contributed by atoms with van der Waals surface area (Å²) >= 11 is 0. The number of nitrogens with zero attached hydrogens (tertiary/aromatic N) is 1. The predicted octanol–water partition coefficient (Wildman–Crippen LogP) is 3.18. The molecule has 138 valence electrons. The van der Waals surface area contributed by atoms with Gasteiger partial charge in [-0.1, -0.05) is 25.0 Å². The Kier molecular flexibility index (Phi) is 6.41. The first-order valence-electron chi connectivity index (χ1n) is 8.79. The van der Waals surface area contributed by atoms with Crippen molar-refractivity contribution in [2.45, 2.75) is 56.9 Å². The number of carbonyl (C=O) groups excluding carboxylic acids is 1. The van der Waals surface area contributed by atoms with Crippen LogP contribution in [0.2, 0.25) is 0 Å². The van der Waals surface area contributed by atoms with Gasteiger partial charge >= 0.3 is 0 Å². The summed E-state index contributed by atoms with van der Waals surface area (Å²) in [7, 11) is -3.43. The lowest BCUT2D eigenvalue weighted by Crippen LogP contribution is -2.39. The maximum absolute atomic E-state index is 12.7. The van der Waals surface area contributed by atoms with Gasteiger partial charge in [0.2, 0.25) is 15.9 Å². The zero-order chi connectivity index (χ0) is 18.5. The second-order valence-corrected chi connectivity index (χ2v) is 9.40. The Morgan fingerprint density at radius 3 is 2.12 bits per heavy atom. The second kappa shape index (κ2) is 8.15. The second-order valence-electron chi connectivity index (χ2n) is 7.46. The first-order chi connectivity index (χ1) is 11.7. The zero-order valence-electron chi connectivity index (χ0n) is 15.3. The molecule has 1 heterocycles. The van der Waals surface area contributed by atoms with Crippen molar-refractivity contribution in [3.05, 3.63) is 35.9 Å². The number of benzene rings is 1. The number of hydrogen-bond donors (Lipinski definition) is 1. The van der Waals surface area contributed by atoms with Crippen LogP contribution in [0.3, 0.4) is 0 Å². The van der Waals surface area contributed by atoms with Crippen LogP contribution in [0.1, 0.15) is 52.0 Å². The third-order valence-corrected chi connectivity index (χ3v) is 5.92. The Morgan fingerprint density at radius 2 is 1.60 bits per heavy atom. The lowest BCUT2D eigenvalue weighted by molar-refractivity contribution is -0.117. The van der Waals surface area contributed by atoms with Crippen molar-refractivity contribution in [3.63, 3.8) is 0 Å². The van der Waals surface area contributed by atoms with Gasteiger partial charge in [0, 0.05) is 24.7 Å². The molecule has 1 N–H and O–H groups in total. The van der Waals surface area contributed by atoms with Gasteiger partial charge in [-0.2, -0.15) is 4.31 Å². The first-order valence-corrected chi connectivity index (χ1v) is 10.2. The summed E-state index contributed by atoms with van der Waals surface area (Å²) in [6.07, 6.45) is 7.16. The molecule has 1 fully saturated rings. The van der Waals surface area contributed by atoms with Crippen LogP contribution in [-0.2, 0) is 14.8 Å². The van der Waals surface area contributed by atoms with Gasteiger partial charge in [-0.15, -0.1) is 0 Å². The largest absolute Gasteiger partial charge is 0.348 e. The van der Waals surface area contributed by atoms with Crippen molar-refractivity contribution in [1.82, 2.24) is 9.62 Å². The molecule has 1 aromatic rings. The van der Waals surface area contributed by atoms with Gasteiger partial charge in [0.15, 0.2) is 0 Å². The first kappa shape index (κ1) is 19.7. The fourth-order valence-electron chi connectivity index (χ4n) is 2.77. The molecule has 0 saturated carbocycles. The Morgan fingerprint density at radius 1 is 1.04 bits per heavy atom. The van der Waals surface area contributed by atoms with E-state index >= 15 is 0 Å². The van der Waals surface area contributed by atoms with Gasteiger partial charge in [0.1, 0.15) is 0 Å².